The molecule has 0 aliphatic heterocycles. The molecule has 0 unspecified atom stereocenters. The Morgan fingerprint density at radius 2 is 1.83 bits per heavy atom. The molecular formula is C15H17NO2. The molecule has 1 aliphatic rings. The molecule has 2 rings (SSSR count). The minimum atomic E-state index is -0.236. The summed E-state index contributed by atoms with van der Waals surface area (Å²) >= 11 is 0. The van der Waals surface area contributed by atoms with Crippen LogP contribution >= 0.6 is 0 Å². The van der Waals surface area contributed by atoms with Gasteiger partial charge in [-0.25, -0.2) is 0 Å². The average Bonchev–Trinajstić information content (AvgIpc) is 2.40. The minimum Gasteiger partial charge on any atom is -0.393 e. The van der Waals surface area contributed by atoms with Crippen LogP contribution in [0.1, 0.15) is 31.2 Å². The molecule has 0 bridgehead atoms. The molecule has 0 spiro atoms. The average molecular weight is 243 g/mol. The second-order valence-corrected chi connectivity index (χ2v) is 4.59. The molecule has 3 heteroatoms. The van der Waals surface area contributed by atoms with Crippen LogP contribution in [0.15, 0.2) is 30.3 Å². The number of nitrogens with one attached hydrogen (secondary N) is 1. The Morgan fingerprint density at radius 3 is 2.50 bits per heavy atom. The van der Waals surface area contributed by atoms with Crippen LogP contribution in [0.3, 0.4) is 0 Å². The first-order chi connectivity index (χ1) is 8.74. The Hall–Kier alpha value is -1.79. The van der Waals surface area contributed by atoms with Crippen molar-refractivity contribution in [2.45, 2.75) is 37.8 Å². The summed E-state index contributed by atoms with van der Waals surface area (Å²) in [6.45, 7) is 0. The van der Waals surface area contributed by atoms with Crippen molar-refractivity contribution in [2.75, 3.05) is 0 Å². The molecule has 1 aromatic rings. The maximum Gasteiger partial charge on any atom is 0.296 e. The summed E-state index contributed by atoms with van der Waals surface area (Å²) in [5.74, 6) is 5.19. The van der Waals surface area contributed by atoms with Gasteiger partial charge in [-0.05, 0) is 37.8 Å². The van der Waals surface area contributed by atoms with E-state index in [1.54, 1.807) is 0 Å². The zero-order chi connectivity index (χ0) is 12.8. The van der Waals surface area contributed by atoms with Gasteiger partial charge in [0, 0.05) is 17.5 Å². The van der Waals surface area contributed by atoms with Crippen molar-refractivity contribution < 1.29 is 9.90 Å². The molecule has 0 atom stereocenters. The number of aliphatic hydroxyl groups excluding tert-OH is 1. The van der Waals surface area contributed by atoms with Crippen molar-refractivity contribution >= 4 is 5.91 Å². The van der Waals surface area contributed by atoms with Crippen molar-refractivity contribution in [2.24, 2.45) is 0 Å². The molecule has 0 saturated heterocycles. The van der Waals surface area contributed by atoms with E-state index in [0.717, 1.165) is 31.2 Å². The van der Waals surface area contributed by atoms with E-state index in [-0.39, 0.29) is 18.1 Å². The van der Waals surface area contributed by atoms with Crippen molar-refractivity contribution in [3.05, 3.63) is 35.9 Å². The van der Waals surface area contributed by atoms with E-state index in [0.29, 0.717) is 0 Å². The van der Waals surface area contributed by atoms with Gasteiger partial charge in [0.25, 0.3) is 5.91 Å². The van der Waals surface area contributed by atoms with E-state index in [1.165, 1.54) is 0 Å². The fraction of sp³-hybridized carbons (Fsp3) is 0.400. The van der Waals surface area contributed by atoms with Crippen LogP contribution in [0.4, 0.5) is 0 Å². The summed E-state index contributed by atoms with van der Waals surface area (Å²) in [6, 6.07) is 9.60. The van der Waals surface area contributed by atoms with Crippen molar-refractivity contribution in [1.82, 2.24) is 5.32 Å². The molecule has 94 valence electrons. The van der Waals surface area contributed by atoms with Gasteiger partial charge in [0.2, 0.25) is 0 Å². The number of amides is 1. The minimum absolute atomic E-state index is 0.158. The molecule has 1 aliphatic carbocycles. The SMILES string of the molecule is O=C(C#Cc1ccccc1)NC1CCC(O)CC1. The van der Waals surface area contributed by atoms with Gasteiger partial charge in [0.05, 0.1) is 6.10 Å². The largest absolute Gasteiger partial charge is 0.393 e. The van der Waals surface area contributed by atoms with Gasteiger partial charge in [-0.1, -0.05) is 24.1 Å². The maximum absolute atomic E-state index is 11.6. The lowest BCUT2D eigenvalue weighted by molar-refractivity contribution is -0.116. The zero-order valence-electron chi connectivity index (χ0n) is 10.2. The van der Waals surface area contributed by atoms with Gasteiger partial charge >= 0.3 is 0 Å². The van der Waals surface area contributed by atoms with Gasteiger partial charge < -0.3 is 10.4 Å². The quantitative estimate of drug-likeness (QED) is 0.734. The predicted octanol–water partition coefficient (Wildman–Crippen LogP) is 1.46. The summed E-state index contributed by atoms with van der Waals surface area (Å²) in [5, 5.41) is 12.3. The van der Waals surface area contributed by atoms with Crippen LogP contribution in [0.5, 0.6) is 0 Å². The van der Waals surface area contributed by atoms with Gasteiger partial charge in [0.1, 0.15) is 0 Å². The lowest BCUT2D eigenvalue weighted by Gasteiger charge is -2.25. The third-order valence-corrected chi connectivity index (χ3v) is 3.13. The van der Waals surface area contributed by atoms with E-state index < -0.39 is 0 Å². The van der Waals surface area contributed by atoms with Crippen molar-refractivity contribution in [3.8, 4) is 11.8 Å². The number of rotatable bonds is 1. The standard InChI is InChI=1S/C15H17NO2/c17-14-9-7-13(8-10-14)16-15(18)11-6-12-4-2-1-3-5-12/h1-5,13-14,17H,7-10H2,(H,16,18). The van der Waals surface area contributed by atoms with Crippen LogP contribution in [-0.2, 0) is 4.79 Å². The van der Waals surface area contributed by atoms with Crippen molar-refractivity contribution in [3.63, 3.8) is 0 Å². The third-order valence-electron chi connectivity index (χ3n) is 3.13. The molecule has 2 N–H and O–H groups in total. The second kappa shape index (κ2) is 6.23. The summed E-state index contributed by atoms with van der Waals surface area (Å²) < 4.78 is 0. The first kappa shape index (κ1) is 12.7. The highest BCUT2D eigenvalue weighted by Crippen LogP contribution is 2.17. The Balaban J connectivity index is 1.84. The van der Waals surface area contributed by atoms with Gasteiger partial charge in [-0.15, -0.1) is 0 Å². The van der Waals surface area contributed by atoms with Crippen LogP contribution in [-0.4, -0.2) is 23.2 Å². The summed E-state index contributed by atoms with van der Waals surface area (Å²) in [6.07, 6.45) is 2.99. The number of hydrogen-bond acceptors (Lipinski definition) is 2. The van der Waals surface area contributed by atoms with Crippen molar-refractivity contribution in [1.29, 1.82) is 0 Å². The molecule has 18 heavy (non-hydrogen) atoms. The molecule has 0 aromatic heterocycles. The van der Waals surface area contributed by atoms with E-state index >= 15 is 0 Å². The third kappa shape index (κ3) is 3.90. The molecule has 1 amide bonds. The highest BCUT2D eigenvalue weighted by atomic mass is 16.3. The molecular weight excluding hydrogens is 226 g/mol. The van der Waals surface area contributed by atoms with E-state index in [2.05, 4.69) is 17.2 Å². The zero-order valence-corrected chi connectivity index (χ0v) is 10.2. The van der Waals surface area contributed by atoms with E-state index in [9.17, 15) is 9.90 Å². The summed E-state index contributed by atoms with van der Waals surface area (Å²) in [7, 11) is 0. The monoisotopic (exact) mass is 243 g/mol. The lowest BCUT2D eigenvalue weighted by Crippen LogP contribution is -2.37. The Bertz CT molecular complexity index is 450. The number of benzene rings is 1. The van der Waals surface area contributed by atoms with Crippen LogP contribution < -0.4 is 5.32 Å². The smallest absolute Gasteiger partial charge is 0.296 e. The fourth-order valence-electron chi connectivity index (χ4n) is 2.09. The van der Waals surface area contributed by atoms with E-state index in [4.69, 9.17) is 0 Å². The van der Waals surface area contributed by atoms with Crippen LogP contribution in [0.25, 0.3) is 0 Å². The predicted molar refractivity (Wildman–Crippen MR) is 69.7 cm³/mol. The number of carbonyl (C=O) groups excluding carboxylic acids is 1. The number of aliphatic hydroxyl groups is 1. The van der Waals surface area contributed by atoms with Gasteiger partial charge in [0.15, 0.2) is 0 Å². The summed E-state index contributed by atoms with van der Waals surface area (Å²) in [5.41, 5.74) is 0.840. The van der Waals surface area contributed by atoms with Crippen LogP contribution in [0.2, 0.25) is 0 Å². The molecule has 3 nitrogen and oxygen atoms in total. The first-order valence-corrected chi connectivity index (χ1v) is 6.29. The van der Waals surface area contributed by atoms with Crippen LogP contribution in [0, 0.1) is 11.8 Å². The highest BCUT2D eigenvalue weighted by molar-refractivity contribution is 5.94. The van der Waals surface area contributed by atoms with Gasteiger partial charge in [-0.2, -0.15) is 0 Å². The number of carbonyl (C=O) groups is 1. The molecule has 0 radical (unpaired) electrons. The first-order valence-electron chi connectivity index (χ1n) is 6.29. The highest BCUT2D eigenvalue weighted by Gasteiger charge is 2.19. The fourth-order valence-corrected chi connectivity index (χ4v) is 2.09. The Kier molecular flexibility index (Phi) is 4.38. The molecule has 1 fully saturated rings. The normalized spacial score (nSPS) is 22.7. The molecule has 1 saturated carbocycles. The number of hydrogen-bond donors (Lipinski definition) is 2. The topological polar surface area (TPSA) is 49.3 Å². The maximum atomic E-state index is 11.6. The Morgan fingerprint density at radius 1 is 1.17 bits per heavy atom. The molecule has 1 aromatic carbocycles. The second-order valence-electron chi connectivity index (χ2n) is 4.59. The Labute approximate surface area is 107 Å². The summed E-state index contributed by atoms with van der Waals surface area (Å²) in [4.78, 5) is 11.6. The van der Waals surface area contributed by atoms with Gasteiger partial charge in [-0.3, -0.25) is 4.79 Å². The lowest BCUT2D eigenvalue weighted by atomic mass is 9.93. The molecule has 0 heterocycles. The van der Waals surface area contributed by atoms with E-state index in [1.807, 2.05) is 30.3 Å².